The molecule has 0 bridgehead atoms. The molecule has 0 amide bonds. The Hall–Kier alpha value is -1.89. The highest BCUT2D eigenvalue weighted by Gasteiger charge is 2.19. The molecule has 1 rings (SSSR count). The number of carbonyl (C=O) groups is 2. The summed E-state index contributed by atoms with van der Waals surface area (Å²) in [6.07, 6.45) is 46.1. The Labute approximate surface area is 360 Å². The zero-order chi connectivity index (χ0) is 42.0. The third-order valence-electron chi connectivity index (χ3n) is 12.2. The van der Waals surface area contributed by atoms with E-state index in [0.717, 1.165) is 70.3 Å². The van der Waals surface area contributed by atoms with Crippen molar-refractivity contribution in [1.82, 2.24) is 14.5 Å². The molecule has 0 atom stereocenters. The van der Waals surface area contributed by atoms with Crippen LogP contribution in [-0.4, -0.2) is 59.2 Å². The average Bonchev–Trinajstić information content (AvgIpc) is 3.64. The van der Waals surface area contributed by atoms with Gasteiger partial charge in [-0.15, -0.1) is 0 Å². The smallest absolute Gasteiger partial charge is 0.308 e. The van der Waals surface area contributed by atoms with Crippen LogP contribution in [0.5, 0.6) is 0 Å². The number of carbonyl (C=O) groups excluding carboxylic acids is 2. The van der Waals surface area contributed by atoms with Gasteiger partial charge in [-0.1, -0.05) is 188 Å². The first-order valence-corrected chi connectivity index (χ1v) is 25.5. The molecule has 0 saturated carbocycles. The number of ether oxygens (including phenoxy) is 2. The number of hydrogen-bond donors (Lipinski definition) is 0. The van der Waals surface area contributed by atoms with Gasteiger partial charge < -0.3 is 18.9 Å². The molecule has 0 unspecified atom stereocenters. The molecule has 0 fully saturated rings. The zero-order valence-corrected chi connectivity index (χ0v) is 39.2. The van der Waals surface area contributed by atoms with Crippen molar-refractivity contribution in [3.05, 3.63) is 18.2 Å². The molecule has 0 N–H and O–H groups in total. The number of hydrogen-bond acceptors (Lipinski definition) is 6. The summed E-state index contributed by atoms with van der Waals surface area (Å²) < 4.78 is 13.6. The largest absolute Gasteiger partial charge is 0.466 e. The van der Waals surface area contributed by atoms with E-state index in [9.17, 15) is 9.59 Å². The van der Waals surface area contributed by atoms with Crippen LogP contribution < -0.4 is 0 Å². The summed E-state index contributed by atoms with van der Waals surface area (Å²) >= 11 is 0. The second kappa shape index (κ2) is 41.8. The fourth-order valence-electron chi connectivity index (χ4n) is 8.23. The summed E-state index contributed by atoms with van der Waals surface area (Å²) in [7, 11) is 0. The lowest BCUT2D eigenvalue weighted by Gasteiger charge is -2.22. The first kappa shape index (κ1) is 54.1. The SMILES string of the molecule is CCCCCCCCCOC(=O)CCCCCCCCN(CCCCCCCCOC(=O)C(CCCCCCCC)CCCCCCCC)CCCn1ccnc1C. The molecule has 0 aliphatic carbocycles. The standard InChI is InChI=1S/C51H97N3O4/c1-5-8-11-14-20-27-34-46-57-50(55)39-31-24-17-18-25-32-41-53(43-36-44-54-45-40-52-48(54)4)42-33-26-19-21-28-35-47-58-51(56)49(37-29-22-15-12-9-6-2)38-30-23-16-13-10-7-3/h40,45,49H,5-39,41-44,46-47H2,1-4H3. The molecule has 0 aliphatic rings. The lowest BCUT2D eigenvalue weighted by atomic mass is 9.94. The summed E-state index contributed by atoms with van der Waals surface area (Å²) in [5.74, 6) is 1.28. The number of unbranched alkanes of at least 4 members (excludes halogenated alkanes) is 26. The van der Waals surface area contributed by atoms with Gasteiger partial charge in [0.2, 0.25) is 0 Å². The number of nitrogens with zero attached hydrogens (tertiary/aromatic N) is 3. The number of aryl methyl sites for hydroxylation is 2. The van der Waals surface area contributed by atoms with Crippen molar-refractivity contribution in [3.8, 4) is 0 Å². The van der Waals surface area contributed by atoms with Crippen LogP contribution in [0, 0.1) is 12.8 Å². The van der Waals surface area contributed by atoms with Gasteiger partial charge in [0.15, 0.2) is 0 Å². The summed E-state index contributed by atoms with van der Waals surface area (Å²) in [6.45, 7) is 14.6. The van der Waals surface area contributed by atoms with Gasteiger partial charge in [0.05, 0.1) is 19.1 Å². The highest BCUT2D eigenvalue weighted by molar-refractivity contribution is 5.72. The van der Waals surface area contributed by atoms with Crippen molar-refractivity contribution in [2.24, 2.45) is 5.92 Å². The van der Waals surface area contributed by atoms with E-state index < -0.39 is 0 Å². The molecule has 7 heteroatoms. The molecule has 7 nitrogen and oxygen atoms in total. The van der Waals surface area contributed by atoms with Crippen LogP contribution >= 0.6 is 0 Å². The van der Waals surface area contributed by atoms with E-state index in [4.69, 9.17) is 9.47 Å². The normalized spacial score (nSPS) is 11.6. The maximum absolute atomic E-state index is 13.1. The van der Waals surface area contributed by atoms with Gasteiger partial charge in [-0.25, -0.2) is 4.98 Å². The minimum atomic E-state index is -0.00519. The average molecular weight is 816 g/mol. The number of rotatable bonds is 45. The van der Waals surface area contributed by atoms with E-state index >= 15 is 0 Å². The van der Waals surface area contributed by atoms with Gasteiger partial charge in [0.1, 0.15) is 5.82 Å². The highest BCUT2D eigenvalue weighted by Crippen LogP contribution is 2.21. The third-order valence-corrected chi connectivity index (χ3v) is 12.2. The maximum atomic E-state index is 13.1. The third kappa shape index (κ3) is 33.9. The number of aromatic nitrogens is 2. The molecule has 1 aromatic heterocycles. The lowest BCUT2D eigenvalue weighted by Crippen LogP contribution is -2.28. The Morgan fingerprint density at radius 1 is 0.534 bits per heavy atom. The van der Waals surface area contributed by atoms with Crippen LogP contribution in [0.4, 0.5) is 0 Å². The van der Waals surface area contributed by atoms with Crippen molar-refractivity contribution in [2.45, 2.75) is 259 Å². The number of esters is 2. The molecular formula is C51H97N3O4. The predicted molar refractivity (Wildman–Crippen MR) is 247 cm³/mol. The van der Waals surface area contributed by atoms with E-state index in [0.29, 0.717) is 19.6 Å². The van der Waals surface area contributed by atoms with Crippen LogP contribution in [-0.2, 0) is 25.6 Å². The fraction of sp³-hybridized carbons (Fsp3) is 0.902. The van der Waals surface area contributed by atoms with Gasteiger partial charge in [-0.05, 0) is 77.9 Å². The van der Waals surface area contributed by atoms with Gasteiger partial charge in [0, 0.05) is 25.4 Å². The summed E-state index contributed by atoms with van der Waals surface area (Å²) in [6, 6.07) is 0. The topological polar surface area (TPSA) is 73.7 Å². The zero-order valence-electron chi connectivity index (χ0n) is 39.2. The quantitative estimate of drug-likeness (QED) is 0.0482. The van der Waals surface area contributed by atoms with E-state index in [1.165, 1.54) is 180 Å². The van der Waals surface area contributed by atoms with E-state index in [1.54, 1.807) is 0 Å². The van der Waals surface area contributed by atoms with E-state index in [1.807, 2.05) is 6.20 Å². The Bertz CT molecular complexity index is 1010. The van der Waals surface area contributed by atoms with Crippen molar-refractivity contribution in [3.63, 3.8) is 0 Å². The predicted octanol–water partition coefficient (Wildman–Crippen LogP) is 14.9. The molecule has 0 aromatic carbocycles. The highest BCUT2D eigenvalue weighted by atomic mass is 16.5. The second-order valence-corrected chi connectivity index (χ2v) is 17.7. The number of imidazole rings is 1. The minimum Gasteiger partial charge on any atom is -0.466 e. The molecule has 1 heterocycles. The fourth-order valence-corrected chi connectivity index (χ4v) is 8.23. The molecule has 0 saturated heterocycles. The van der Waals surface area contributed by atoms with Crippen molar-refractivity contribution < 1.29 is 19.1 Å². The van der Waals surface area contributed by atoms with Crippen LogP contribution in [0.1, 0.15) is 251 Å². The lowest BCUT2D eigenvalue weighted by molar-refractivity contribution is -0.149. The Morgan fingerprint density at radius 3 is 1.43 bits per heavy atom. The Balaban J connectivity index is 2.24. The summed E-state index contributed by atoms with van der Waals surface area (Å²) in [5, 5.41) is 0. The first-order valence-electron chi connectivity index (χ1n) is 25.5. The van der Waals surface area contributed by atoms with Gasteiger partial charge in [-0.3, -0.25) is 9.59 Å². The molecule has 1 aromatic rings. The van der Waals surface area contributed by atoms with Crippen molar-refractivity contribution in [1.29, 1.82) is 0 Å². The van der Waals surface area contributed by atoms with Crippen LogP contribution in [0.25, 0.3) is 0 Å². The summed E-state index contributed by atoms with van der Waals surface area (Å²) in [4.78, 5) is 32.3. The Kier molecular flexibility index (Phi) is 39.0. The van der Waals surface area contributed by atoms with Crippen LogP contribution in [0.15, 0.2) is 12.4 Å². The molecule has 340 valence electrons. The van der Waals surface area contributed by atoms with Crippen molar-refractivity contribution >= 4 is 11.9 Å². The molecule has 58 heavy (non-hydrogen) atoms. The molecule has 0 spiro atoms. The minimum absolute atomic E-state index is 0.00519. The Morgan fingerprint density at radius 2 is 0.948 bits per heavy atom. The van der Waals surface area contributed by atoms with Crippen LogP contribution in [0.2, 0.25) is 0 Å². The molecular weight excluding hydrogens is 719 g/mol. The van der Waals surface area contributed by atoms with Crippen molar-refractivity contribution in [2.75, 3.05) is 32.8 Å². The van der Waals surface area contributed by atoms with E-state index in [-0.39, 0.29) is 17.9 Å². The van der Waals surface area contributed by atoms with Gasteiger partial charge in [-0.2, -0.15) is 0 Å². The molecule has 0 aliphatic heterocycles. The second-order valence-electron chi connectivity index (χ2n) is 17.7. The van der Waals surface area contributed by atoms with Crippen LogP contribution in [0.3, 0.4) is 0 Å². The summed E-state index contributed by atoms with van der Waals surface area (Å²) in [5.41, 5.74) is 0. The maximum Gasteiger partial charge on any atom is 0.308 e. The van der Waals surface area contributed by atoms with Gasteiger partial charge in [0.25, 0.3) is 0 Å². The first-order chi connectivity index (χ1) is 28.5. The monoisotopic (exact) mass is 816 g/mol. The van der Waals surface area contributed by atoms with Gasteiger partial charge >= 0.3 is 11.9 Å². The van der Waals surface area contributed by atoms with E-state index in [2.05, 4.69) is 48.3 Å². The molecule has 0 radical (unpaired) electrons.